The van der Waals surface area contributed by atoms with E-state index in [-0.39, 0.29) is 5.91 Å². The monoisotopic (exact) mass is 327 g/mol. The molecule has 0 unspecified atom stereocenters. The highest BCUT2D eigenvalue weighted by molar-refractivity contribution is 6.05. The van der Waals surface area contributed by atoms with Crippen LogP contribution in [0, 0.1) is 6.92 Å². The van der Waals surface area contributed by atoms with Crippen LogP contribution in [0.4, 0.5) is 5.69 Å². The van der Waals surface area contributed by atoms with E-state index in [1.165, 1.54) is 0 Å². The Morgan fingerprint density at radius 2 is 1.76 bits per heavy atom. The van der Waals surface area contributed by atoms with E-state index in [0.29, 0.717) is 5.56 Å². The standard InChI is InChI=1S/C21H17N3O/c1-15-7-5-6-10-18(15)23-21(25)17-11-12-24-14-19(22-20(24)13-17)16-8-3-2-4-9-16/h2-14H,1H3,(H,23,25). The Morgan fingerprint density at radius 1 is 1.00 bits per heavy atom. The highest BCUT2D eigenvalue weighted by atomic mass is 16.1. The number of hydrogen-bond acceptors (Lipinski definition) is 2. The van der Waals surface area contributed by atoms with Crippen LogP contribution in [0.5, 0.6) is 0 Å². The summed E-state index contributed by atoms with van der Waals surface area (Å²) in [7, 11) is 0. The first-order valence-electron chi connectivity index (χ1n) is 8.12. The molecule has 2 heterocycles. The fourth-order valence-corrected chi connectivity index (χ4v) is 2.78. The molecule has 4 heteroatoms. The van der Waals surface area contributed by atoms with Gasteiger partial charge in [0.1, 0.15) is 5.65 Å². The summed E-state index contributed by atoms with van der Waals surface area (Å²) in [5.74, 6) is -0.138. The Kier molecular flexibility index (Phi) is 3.78. The van der Waals surface area contributed by atoms with Crippen LogP contribution in [0.25, 0.3) is 16.9 Å². The molecule has 0 aliphatic carbocycles. The third kappa shape index (κ3) is 3.02. The van der Waals surface area contributed by atoms with Crippen molar-refractivity contribution in [1.29, 1.82) is 0 Å². The van der Waals surface area contributed by atoms with Crippen LogP contribution in [-0.2, 0) is 0 Å². The van der Waals surface area contributed by atoms with Gasteiger partial charge in [0.15, 0.2) is 0 Å². The van der Waals surface area contributed by atoms with Gasteiger partial charge in [0, 0.05) is 29.2 Å². The number of anilines is 1. The van der Waals surface area contributed by atoms with Crippen molar-refractivity contribution in [3.8, 4) is 11.3 Å². The minimum atomic E-state index is -0.138. The van der Waals surface area contributed by atoms with Crippen LogP contribution >= 0.6 is 0 Å². The maximum Gasteiger partial charge on any atom is 0.255 e. The molecule has 0 fully saturated rings. The number of hydrogen-bond donors (Lipinski definition) is 1. The molecular formula is C21H17N3O. The zero-order chi connectivity index (χ0) is 17.2. The third-order valence-corrected chi connectivity index (χ3v) is 4.19. The van der Waals surface area contributed by atoms with Crippen molar-refractivity contribution in [3.63, 3.8) is 0 Å². The number of pyridine rings is 1. The van der Waals surface area contributed by atoms with E-state index in [2.05, 4.69) is 10.3 Å². The smallest absolute Gasteiger partial charge is 0.255 e. The molecular weight excluding hydrogens is 310 g/mol. The topological polar surface area (TPSA) is 46.4 Å². The van der Waals surface area contributed by atoms with Crippen LogP contribution < -0.4 is 5.32 Å². The van der Waals surface area contributed by atoms with Crippen molar-refractivity contribution in [3.05, 3.63) is 90.3 Å². The lowest BCUT2D eigenvalue weighted by Gasteiger charge is -2.08. The number of nitrogens with zero attached hydrogens (tertiary/aromatic N) is 2. The van der Waals surface area contributed by atoms with Crippen LogP contribution in [0.2, 0.25) is 0 Å². The maximum atomic E-state index is 12.5. The van der Waals surface area contributed by atoms with Gasteiger partial charge in [0.05, 0.1) is 5.69 Å². The Hall–Kier alpha value is -3.40. The molecule has 0 aliphatic rings. The molecule has 0 aliphatic heterocycles. The summed E-state index contributed by atoms with van der Waals surface area (Å²) in [5, 5.41) is 2.95. The number of para-hydroxylation sites is 1. The number of carbonyl (C=O) groups is 1. The van der Waals surface area contributed by atoms with Gasteiger partial charge in [-0.15, -0.1) is 0 Å². The van der Waals surface area contributed by atoms with E-state index in [1.807, 2.05) is 78.3 Å². The first-order chi connectivity index (χ1) is 12.2. The summed E-state index contributed by atoms with van der Waals surface area (Å²) in [6, 6.07) is 21.3. The predicted molar refractivity (Wildman–Crippen MR) is 99.8 cm³/mol. The quantitative estimate of drug-likeness (QED) is 0.599. The molecule has 4 nitrogen and oxygen atoms in total. The lowest BCUT2D eigenvalue weighted by Crippen LogP contribution is -2.13. The zero-order valence-corrected chi connectivity index (χ0v) is 13.8. The van der Waals surface area contributed by atoms with E-state index in [9.17, 15) is 4.79 Å². The number of aryl methyl sites for hydroxylation is 1. The minimum Gasteiger partial charge on any atom is -0.322 e. The molecule has 4 aromatic rings. The Morgan fingerprint density at radius 3 is 2.56 bits per heavy atom. The van der Waals surface area contributed by atoms with Crippen LogP contribution in [0.15, 0.2) is 79.1 Å². The normalized spacial score (nSPS) is 10.8. The molecule has 25 heavy (non-hydrogen) atoms. The molecule has 2 aromatic carbocycles. The fraction of sp³-hybridized carbons (Fsp3) is 0.0476. The van der Waals surface area contributed by atoms with Crippen LogP contribution in [0.3, 0.4) is 0 Å². The molecule has 0 radical (unpaired) electrons. The van der Waals surface area contributed by atoms with Crippen molar-refractivity contribution in [2.75, 3.05) is 5.32 Å². The van der Waals surface area contributed by atoms with E-state index in [0.717, 1.165) is 28.2 Å². The molecule has 0 atom stereocenters. The second-order valence-corrected chi connectivity index (χ2v) is 5.94. The first-order valence-corrected chi connectivity index (χ1v) is 8.12. The van der Waals surface area contributed by atoms with Gasteiger partial charge in [-0.25, -0.2) is 4.98 Å². The van der Waals surface area contributed by atoms with Crippen molar-refractivity contribution in [1.82, 2.24) is 9.38 Å². The molecule has 1 N–H and O–H groups in total. The number of amides is 1. The summed E-state index contributed by atoms with van der Waals surface area (Å²) in [5.41, 5.74) is 5.12. The van der Waals surface area contributed by atoms with Gasteiger partial charge in [-0.3, -0.25) is 4.79 Å². The van der Waals surface area contributed by atoms with Gasteiger partial charge in [0.25, 0.3) is 5.91 Å². The fourth-order valence-electron chi connectivity index (χ4n) is 2.78. The molecule has 4 rings (SSSR count). The number of carbonyl (C=O) groups excluding carboxylic acids is 1. The zero-order valence-electron chi connectivity index (χ0n) is 13.8. The second-order valence-electron chi connectivity index (χ2n) is 5.94. The number of benzene rings is 2. The second kappa shape index (κ2) is 6.24. The average molecular weight is 327 g/mol. The van der Waals surface area contributed by atoms with E-state index in [1.54, 1.807) is 12.1 Å². The van der Waals surface area contributed by atoms with Gasteiger partial charge in [-0.05, 0) is 30.7 Å². The number of fused-ring (bicyclic) bond motifs is 1. The molecule has 0 saturated heterocycles. The number of aromatic nitrogens is 2. The third-order valence-electron chi connectivity index (χ3n) is 4.19. The summed E-state index contributed by atoms with van der Waals surface area (Å²) in [4.78, 5) is 17.2. The lowest BCUT2D eigenvalue weighted by atomic mass is 10.2. The summed E-state index contributed by atoms with van der Waals surface area (Å²) >= 11 is 0. The molecule has 1 amide bonds. The number of imidazole rings is 1. The van der Waals surface area contributed by atoms with Crippen molar-refractivity contribution in [2.45, 2.75) is 6.92 Å². The van der Waals surface area contributed by atoms with E-state index in [4.69, 9.17) is 0 Å². The summed E-state index contributed by atoms with van der Waals surface area (Å²) < 4.78 is 1.92. The summed E-state index contributed by atoms with van der Waals surface area (Å²) in [6.07, 6.45) is 3.83. The predicted octanol–water partition coefficient (Wildman–Crippen LogP) is 4.56. The van der Waals surface area contributed by atoms with Crippen molar-refractivity contribution < 1.29 is 4.79 Å². The number of nitrogens with one attached hydrogen (secondary N) is 1. The van der Waals surface area contributed by atoms with Gasteiger partial charge >= 0.3 is 0 Å². The minimum absolute atomic E-state index is 0.138. The highest BCUT2D eigenvalue weighted by Gasteiger charge is 2.10. The Labute approximate surface area is 145 Å². The van der Waals surface area contributed by atoms with E-state index < -0.39 is 0 Å². The van der Waals surface area contributed by atoms with E-state index >= 15 is 0 Å². The lowest BCUT2D eigenvalue weighted by molar-refractivity contribution is 0.102. The van der Waals surface area contributed by atoms with Crippen molar-refractivity contribution in [2.24, 2.45) is 0 Å². The first kappa shape index (κ1) is 15.1. The molecule has 2 aromatic heterocycles. The molecule has 122 valence electrons. The van der Waals surface area contributed by atoms with Crippen molar-refractivity contribution >= 4 is 17.2 Å². The van der Waals surface area contributed by atoms with Crippen LogP contribution in [-0.4, -0.2) is 15.3 Å². The Balaban J connectivity index is 1.65. The van der Waals surface area contributed by atoms with Gasteiger partial charge in [-0.2, -0.15) is 0 Å². The largest absolute Gasteiger partial charge is 0.322 e. The van der Waals surface area contributed by atoms with Gasteiger partial charge in [-0.1, -0.05) is 48.5 Å². The molecule has 0 bridgehead atoms. The summed E-state index contributed by atoms with van der Waals surface area (Å²) in [6.45, 7) is 1.97. The number of rotatable bonds is 3. The SMILES string of the molecule is Cc1ccccc1NC(=O)c1ccn2cc(-c3ccccc3)nc2c1. The molecule has 0 saturated carbocycles. The van der Waals surface area contributed by atoms with Crippen LogP contribution in [0.1, 0.15) is 15.9 Å². The Bertz CT molecular complexity index is 1050. The highest BCUT2D eigenvalue weighted by Crippen LogP contribution is 2.20. The van der Waals surface area contributed by atoms with Gasteiger partial charge in [0.2, 0.25) is 0 Å². The van der Waals surface area contributed by atoms with Gasteiger partial charge < -0.3 is 9.72 Å². The average Bonchev–Trinajstić information content (AvgIpc) is 3.07. The molecule has 0 spiro atoms. The maximum absolute atomic E-state index is 12.5.